The molecule has 0 radical (unpaired) electrons. The maximum atomic E-state index is 13.1. The molecule has 4 heterocycles. The van der Waals surface area contributed by atoms with Gasteiger partial charge in [0.05, 0.1) is 35.3 Å². The van der Waals surface area contributed by atoms with E-state index in [4.69, 9.17) is 4.74 Å². The summed E-state index contributed by atoms with van der Waals surface area (Å²) in [5, 5.41) is 14.6. The minimum atomic E-state index is -0.306. The van der Waals surface area contributed by atoms with E-state index in [0.717, 1.165) is 25.0 Å². The fourth-order valence-electron chi connectivity index (χ4n) is 4.46. The van der Waals surface area contributed by atoms with Gasteiger partial charge in [-0.3, -0.25) is 4.79 Å². The molecule has 0 aromatic carbocycles. The first-order valence-corrected chi connectivity index (χ1v) is 10.1. The van der Waals surface area contributed by atoms with Crippen LogP contribution in [0.2, 0.25) is 0 Å². The van der Waals surface area contributed by atoms with Gasteiger partial charge in [0, 0.05) is 25.7 Å². The first kappa shape index (κ1) is 19.1. The molecule has 0 aliphatic carbocycles. The lowest BCUT2D eigenvalue weighted by Gasteiger charge is -2.47. The predicted molar refractivity (Wildman–Crippen MR) is 104 cm³/mol. The molecule has 150 valence electrons. The molecule has 2 aromatic heterocycles. The second kappa shape index (κ2) is 7.64. The minimum absolute atomic E-state index is 0.00192. The molecule has 7 nitrogen and oxygen atoms in total. The van der Waals surface area contributed by atoms with Crippen LogP contribution >= 0.6 is 0 Å². The number of aliphatic hydroxyl groups excluding tert-OH is 1. The van der Waals surface area contributed by atoms with Crippen molar-refractivity contribution in [1.29, 1.82) is 0 Å². The van der Waals surface area contributed by atoms with E-state index in [0.29, 0.717) is 37.3 Å². The zero-order valence-electron chi connectivity index (χ0n) is 16.5. The summed E-state index contributed by atoms with van der Waals surface area (Å²) in [6.45, 7) is 5.26. The number of ether oxygens (including phenoxy) is 1. The molecule has 2 atom stereocenters. The smallest absolute Gasteiger partial charge is 0.257 e. The molecule has 1 spiro atoms. The van der Waals surface area contributed by atoms with Crippen molar-refractivity contribution in [2.45, 2.75) is 63.8 Å². The molecule has 2 saturated heterocycles. The van der Waals surface area contributed by atoms with Gasteiger partial charge in [-0.15, -0.1) is 0 Å². The standard InChI is InChI=1S/C21H28N4O3/c1-3-17-12-16(26)13-21(28-17)7-10-24(11-8-21)20(27)18-14-23-25(15(18)2)19-6-4-5-9-22-19/h4-6,9,14,16-17,26H,3,7-8,10-13H2,1-2H3/t16-,17+/m1/s1. The lowest BCUT2D eigenvalue weighted by atomic mass is 9.81. The van der Waals surface area contributed by atoms with Crippen molar-refractivity contribution in [3.8, 4) is 5.82 Å². The van der Waals surface area contributed by atoms with Gasteiger partial charge in [-0.1, -0.05) is 13.0 Å². The van der Waals surface area contributed by atoms with E-state index in [9.17, 15) is 9.90 Å². The van der Waals surface area contributed by atoms with E-state index < -0.39 is 0 Å². The Morgan fingerprint density at radius 2 is 2.14 bits per heavy atom. The maximum absolute atomic E-state index is 13.1. The molecule has 2 aliphatic rings. The highest BCUT2D eigenvalue weighted by Gasteiger charge is 2.43. The van der Waals surface area contributed by atoms with E-state index >= 15 is 0 Å². The average Bonchev–Trinajstić information content (AvgIpc) is 3.09. The lowest BCUT2D eigenvalue weighted by Crippen LogP contribution is -2.53. The quantitative estimate of drug-likeness (QED) is 0.879. The normalized spacial score (nSPS) is 24.5. The van der Waals surface area contributed by atoms with E-state index in [1.165, 1.54) is 0 Å². The van der Waals surface area contributed by atoms with Crippen molar-refractivity contribution in [1.82, 2.24) is 19.7 Å². The summed E-state index contributed by atoms with van der Waals surface area (Å²) in [4.78, 5) is 19.3. The number of carbonyl (C=O) groups is 1. The number of hydrogen-bond acceptors (Lipinski definition) is 5. The summed E-state index contributed by atoms with van der Waals surface area (Å²) >= 11 is 0. The molecule has 4 rings (SSSR count). The van der Waals surface area contributed by atoms with Gasteiger partial charge >= 0.3 is 0 Å². The van der Waals surface area contributed by atoms with E-state index in [1.807, 2.05) is 30.0 Å². The molecular weight excluding hydrogens is 356 g/mol. The predicted octanol–water partition coefficient (Wildman–Crippen LogP) is 2.50. The van der Waals surface area contributed by atoms with Crippen LogP contribution in [0.3, 0.4) is 0 Å². The van der Waals surface area contributed by atoms with Crippen LogP contribution < -0.4 is 0 Å². The van der Waals surface area contributed by atoms with E-state index in [2.05, 4.69) is 17.0 Å². The van der Waals surface area contributed by atoms with Crippen molar-refractivity contribution in [2.24, 2.45) is 0 Å². The van der Waals surface area contributed by atoms with E-state index in [1.54, 1.807) is 17.1 Å². The molecule has 2 aromatic rings. The summed E-state index contributed by atoms with van der Waals surface area (Å²) in [6.07, 6.45) is 6.97. The van der Waals surface area contributed by atoms with Crippen LogP contribution in [0.25, 0.3) is 5.82 Å². The van der Waals surface area contributed by atoms with Crippen molar-refractivity contribution in [3.63, 3.8) is 0 Å². The van der Waals surface area contributed by atoms with Crippen molar-refractivity contribution in [3.05, 3.63) is 41.9 Å². The largest absolute Gasteiger partial charge is 0.393 e. The molecule has 7 heteroatoms. The van der Waals surface area contributed by atoms with Gasteiger partial charge in [0.15, 0.2) is 5.82 Å². The second-order valence-corrected chi connectivity index (χ2v) is 7.96. The molecule has 2 fully saturated rings. The fourth-order valence-corrected chi connectivity index (χ4v) is 4.46. The maximum Gasteiger partial charge on any atom is 0.257 e. The van der Waals surface area contributed by atoms with Gasteiger partial charge in [-0.25, -0.2) is 9.67 Å². The first-order chi connectivity index (χ1) is 13.5. The fraction of sp³-hybridized carbons (Fsp3) is 0.571. The number of piperidine rings is 1. The van der Waals surface area contributed by atoms with Crippen molar-refractivity contribution in [2.75, 3.05) is 13.1 Å². The van der Waals surface area contributed by atoms with Gasteiger partial charge in [-0.2, -0.15) is 5.10 Å². The van der Waals surface area contributed by atoms with Gasteiger partial charge < -0.3 is 14.7 Å². The molecule has 28 heavy (non-hydrogen) atoms. The SMILES string of the molecule is CC[C@H]1C[C@@H](O)CC2(CCN(C(=O)c3cnn(-c4ccccn4)c3C)CC2)O1. The Bertz CT molecular complexity index is 827. The monoisotopic (exact) mass is 384 g/mol. The number of hydrogen-bond donors (Lipinski definition) is 1. The van der Waals surface area contributed by atoms with Crippen LogP contribution in [0, 0.1) is 6.92 Å². The van der Waals surface area contributed by atoms with Crippen LogP contribution in [0.4, 0.5) is 0 Å². The summed E-state index contributed by atoms with van der Waals surface area (Å²) in [6, 6.07) is 5.62. The highest BCUT2D eigenvalue weighted by Crippen LogP contribution is 2.38. The highest BCUT2D eigenvalue weighted by molar-refractivity contribution is 5.95. The topological polar surface area (TPSA) is 80.5 Å². The van der Waals surface area contributed by atoms with Crippen LogP contribution in [-0.2, 0) is 4.74 Å². The number of aromatic nitrogens is 3. The summed E-state index contributed by atoms with van der Waals surface area (Å²) in [5.41, 5.74) is 1.11. The van der Waals surface area contributed by atoms with E-state index in [-0.39, 0.29) is 23.7 Å². The van der Waals surface area contributed by atoms with Gasteiger partial charge in [0.1, 0.15) is 0 Å². The second-order valence-electron chi connectivity index (χ2n) is 7.96. The first-order valence-electron chi connectivity index (χ1n) is 10.1. The van der Waals surface area contributed by atoms with Crippen molar-refractivity contribution >= 4 is 5.91 Å². The Kier molecular flexibility index (Phi) is 5.21. The molecule has 0 saturated carbocycles. The van der Waals surface area contributed by atoms with Crippen molar-refractivity contribution < 1.29 is 14.6 Å². The zero-order valence-corrected chi connectivity index (χ0v) is 16.5. The summed E-state index contributed by atoms with van der Waals surface area (Å²) in [5.74, 6) is 0.699. The van der Waals surface area contributed by atoms with Gasteiger partial charge in [0.2, 0.25) is 0 Å². The Morgan fingerprint density at radius 3 is 2.82 bits per heavy atom. The van der Waals surface area contributed by atoms with Crippen LogP contribution in [0.5, 0.6) is 0 Å². The molecule has 1 amide bonds. The van der Waals surface area contributed by atoms with Crippen LogP contribution in [-0.4, -0.2) is 61.6 Å². The number of carbonyl (C=O) groups excluding carboxylic acids is 1. The molecule has 0 unspecified atom stereocenters. The number of rotatable bonds is 3. The Balaban J connectivity index is 1.46. The summed E-state index contributed by atoms with van der Waals surface area (Å²) < 4.78 is 8.03. The number of nitrogens with zero attached hydrogens (tertiary/aromatic N) is 4. The number of likely N-dealkylation sites (tertiary alicyclic amines) is 1. The van der Waals surface area contributed by atoms with Gasteiger partial charge in [-0.05, 0) is 44.7 Å². The summed E-state index contributed by atoms with van der Waals surface area (Å²) in [7, 11) is 0. The number of aliphatic hydroxyl groups is 1. The third-order valence-corrected chi connectivity index (χ3v) is 6.08. The Morgan fingerprint density at radius 1 is 1.36 bits per heavy atom. The van der Waals surface area contributed by atoms with Crippen LogP contribution in [0.15, 0.2) is 30.6 Å². The van der Waals surface area contributed by atoms with Gasteiger partial charge in [0.25, 0.3) is 5.91 Å². The molecule has 2 aliphatic heterocycles. The minimum Gasteiger partial charge on any atom is -0.393 e. The lowest BCUT2D eigenvalue weighted by molar-refractivity contribution is -0.179. The highest BCUT2D eigenvalue weighted by atomic mass is 16.5. The molecular formula is C21H28N4O3. The zero-order chi connectivity index (χ0) is 19.7. The third kappa shape index (κ3) is 3.56. The average molecular weight is 384 g/mol. The number of pyridine rings is 1. The molecule has 0 bridgehead atoms. The Labute approximate surface area is 165 Å². The van der Waals surface area contributed by atoms with Crippen LogP contribution in [0.1, 0.15) is 55.1 Å². The third-order valence-electron chi connectivity index (χ3n) is 6.08. The molecule has 1 N–H and O–H groups in total. The Hall–Kier alpha value is -2.25. The number of amides is 1.